The Hall–Kier alpha value is -3.74. The Labute approximate surface area is 223 Å². The maximum atomic E-state index is 13.2. The van der Waals surface area contributed by atoms with E-state index in [0.717, 1.165) is 24.7 Å². The molecule has 0 aliphatic heterocycles. The van der Waals surface area contributed by atoms with Crippen LogP contribution in [0.2, 0.25) is 0 Å². The number of aromatic nitrogens is 4. The topological polar surface area (TPSA) is 146 Å². The number of ether oxygens (including phenoxy) is 2. The number of amides is 2. The second-order valence-corrected chi connectivity index (χ2v) is 10.8. The maximum absolute atomic E-state index is 13.2. The molecule has 0 saturated heterocycles. The van der Waals surface area contributed by atoms with Crippen LogP contribution in [-0.4, -0.2) is 60.7 Å². The molecular weight excluding hydrogens is 514 g/mol. The molecule has 4 N–H and O–H groups in total. The van der Waals surface area contributed by atoms with Gasteiger partial charge in [-0.3, -0.25) is 9.59 Å². The van der Waals surface area contributed by atoms with Crippen LogP contribution in [0.15, 0.2) is 24.5 Å². The van der Waals surface area contributed by atoms with Crippen molar-refractivity contribution in [1.29, 1.82) is 0 Å². The molecule has 0 spiro atoms. The standard InChI is InChI=1S/C26H32F2N6O5/c1-26(2,37)13-38-20-10-9-19-17(11-30-34(19)21(20)14-3-4-14)23(36)31-15-5-7-16(8-6-15)39-24-18(22(29)35)12-33(32-24)25(27)28/h9-12,14-16,25,37H,3-8,13H2,1-2H3,(H2,29,35)(H,31,36)/t15-,16-. The average Bonchev–Trinajstić information content (AvgIpc) is 3.46. The lowest BCUT2D eigenvalue weighted by Crippen LogP contribution is -2.39. The minimum absolute atomic E-state index is 0.112. The number of rotatable bonds is 10. The van der Waals surface area contributed by atoms with E-state index in [1.807, 2.05) is 6.07 Å². The summed E-state index contributed by atoms with van der Waals surface area (Å²) < 4.78 is 39.7. The number of nitrogens with two attached hydrogens (primary N) is 1. The van der Waals surface area contributed by atoms with Crippen LogP contribution in [0.3, 0.4) is 0 Å². The van der Waals surface area contributed by atoms with E-state index in [2.05, 4.69) is 15.5 Å². The van der Waals surface area contributed by atoms with E-state index in [1.165, 1.54) is 0 Å². The number of alkyl halides is 2. The number of nitrogens with zero attached hydrogens (tertiary/aromatic N) is 4. The number of primary amides is 1. The predicted molar refractivity (Wildman–Crippen MR) is 135 cm³/mol. The molecule has 3 heterocycles. The lowest BCUT2D eigenvalue weighted by Gasteiger charge is -2.29. The van der Waals surface area contributed by atoms with Gasteiger partial charge in [0.25, 0.3) is 11.8 Å². The van der Waals surface area contributed by atoms with Crippen LogP contribution in [0.4, 0.5) is 8.78 Å². The van der Waals surface area contributed by atoms with Crippen LogP contribution in [0, 0.1) is 0 Å². The highest BCUT2D eigenvalue weighted by atomic mass is 19.3. The summed E-state index contributed by atoms with van der Waals surface area (Å²) in [6.07, 6.45) is 6.36. The molecule has 0 radical (unpaired) electrons. The molecule has 2 saturated carbocycles. The predicted octanol–water partition coefficient (Wildman–Crippen LogP) is 3.17. The molecule has 0 aromatic carbocycles. The minimum atomic E-state index is -2.92. The van der Waals surface area contributed by atoms with Crippen LogP contribution >= 0.6 is 0 Å². The Morgan fingerprint density at radius 3 is 2.51 bits per heavy atom. The van der Waals surface area contributed by atoms with Crippen molar-refractivity contribution in [3.8, 4) is 11.6 Å². The molecule has 3 aromatic rings. The van der Waals surface area contributed by atoms with Gasteiger partial charge in [0.2, 0.25) is 5.88 Å². The van der Waals surface area contributed by atoms with Gasteiger partial charge in [0.15, 0.2) is 0 Å². The van der Waals surface area contributed by atoms with Crippen molar-refractivity contribution in [1.82, 2.24) is 24.7 Å². The van der Waals surface area contributed by atoms with Gasteiger partial charge in [-0.1, -0.05) is 0 Å². The van der Waals surface area contributed by atoms with E-state index in [1.54, 1.807) is 30.6 Å². The third-order valence-corrected chi connectivity index (χ3v) is 6.92. The quantitative estimate of drug-likeness (QED) is 0.354. The molecule has 2 aliphatic rings. The number of aliphatic hydroxyl groups is 1. The van der Waals surface area contributed by atoms with E-state index >= 15 is 0 Å². The maximum Gasteiger partial charge on any atom is 0.333 e. The molecular formula is C26H32F2N6O5. The zero-order valence-corrected chi connectivity index (χ0v) is 21.8. The first kappa shape index (κ1) is 26.9. The minimum Gasteiger partial charge on any atom is -0.489 e. The summed E-state index contributed by atoms with van der Waals surface area (Å²) in [4.78, 5) is 24.8. The number of fused-ring (bicyclic) bond motifs is 1. The monoisotopic (exact) mass is 546 g/mol. The molecule has 39 heavy (non-hydrogen) atoms. The SMILES string of the molecule is CC(C)(O)COc1ccc2c(C(=O)N[C@H]3CC[C@H](Oc4nn(C(F)F)cc4C(N)=O)CC3)cnn2c1C1CC1. The van der Waals surface area contributed by atoms with Crippen LogP contribution < -0.4 is 20.5 Å². The number of carbonyl (C=O) groups is 2. The summed E-state index contributed by atoms with van der Waals surface area (Å²) in [5.41, 5.74) is 6.13. The Balaban J connectivity index is 1.23. The van der Waals surface area contributed by atoms with Crippen LogP contribution in [-0.2, 0) is 0 Å². The van der Waals surface area contributed by atoms with Gasteiger partial charge in [0.05, 0.1) is 28.6 Å². The first-order chi connectivity index (χ1) is 18.5. The number of carbonyl (C=O) groups excluding carboxylic acids is 2. The number of nitrogens with one attached hydrogen (secondary N) is 1. The molecule has 0 bridgehead atoms. The van der Waals surface area contributed by atoms with Crippen molar-refractivity contribution in [2.75, 3.05) is 6.61 Å². The van der Waals surface area contributed by atoms with E-state index in [9.17, 15) is 23.5 Å². The van der Waals surface area contributed by atoms with Crippen molar-refractivity contribution in [2.24, 2.45) is 5.73 Å². The Bertz CT molecular complexity index is 1370. The number of hydrogen-bond donors (Lipinski definition) is 3. The smallest absolute Gasteiger partial charge is 0.333 e. The van der Waals surface area contributed by atoms with Crippen molar-refractivity contribution in [3.05, 3.63) is 41.3 Å². The summed E-state index contributed by atoms with van der Waals surface area (Å²) in [7, 11) is 0. The van der Waals surface area contributed by atoms with Gasteiger partial charge in [-0.2, -0.15) is 13.9 Å². The molecule has 13 heteroatoms. The third kappa shape index (κ3) is 5.97. The van der Waals surface area contributed by atoms with Crippen LogP contribution in [0.25, 0.3) is 5.52 Å². The van der Waals surface area contributed by atoms with Gasteiger partial charge in [-0.25, -0.2) is 9.20 Å². The first-order valence-corrected chi connectivity index (χ1v) is 13.0. The molecule has 210 valence electrons. The molecule has 11 nitrogen and oxygen atoms in total. The Morgan fingerprint density at radius 2 is 1.90 bits per heavy atom. The van der Waals surface area contributed by atoms with Crippen molar-refractivity contribution < 1.29 is 33.0 Å². The van der Waals surface area contributed by atoms with Gasteiger partial charge in [0, 0.05) is 18.2 Å². The van der Waals surface area contributed by atoms with Gasteiger partial charge < -0.3 is 25.6 Å². The van der Waals surface area contributed by atoms with Gasteiger partial charge in [-0.15, -0.1) is 5.10 Å². The Kier molecular flexibility index (Phi) is 7.19. The van der Waals surface area contributed by atoms with Crippen molar-refractivity contribution in [2.45, 2.75) is 82.6 Å². The fourth-order valence-electron chi connectivity index (χ4n) is 4.81. The molecule has 2 fully saturated rings. The summed E-state index contributed by atoms with van der Waals surface area (Å²) in [6.45, 7) is 0.574. The highest BCUT2D eigenvalue weighted by molar-refractivity contribution is 6.01. The summed E-state index contributed by atoms with van der Waals surface area (Å²) in [5, 5.41) is 21.3. The summed E-state index contributed by atoms with van der Waals surface area (Å²) in [6, 6.07) is 3.51. The van der Waals surface area contributed by atoms with Gasteiger partial charge >= 0.3 is 6.55 Å². The van der Waals surface area contributed by atoms with Crippen molar-refractivity contribution >= 4 is 17.3 Å². The van der Waals surface area contributed by atoms with Crippen molar-refractivity contribution in [3.63, 3.8) is 0 Å². The lowest BCUT2D eigenvalue weighted by atomic mass is 9.92. The number of pyridine rings is 1. The molecule has 2 aliphatic carbocycles. The Morgan fingerprint density at radius 1 is 1.18 bits per heavy atom. The second-order valence-electron chi connectivity index (χ2n) is 10.8. The molecule has 2 amide bonds. The third-order valence-electron chi connectivity index (χ3n) is 6.92. The van der Waals surface area contributed by atoms with E-state index in [-0.39, 0.29) is 36.1 Å². The van der Waals surface area contributed by atoms with E-state index in [4.69, 9.17) is 15.2 Å². The highest BCUT2D eigenvalue weighted by Gasteiger charge is 2.32. The zero-order chi connectivity index (χ0) is 27.9. The zero-order valence-electron chi connectivity index (χ0n) is 21.8. The van der Waals surface area contributed by atoms with Crippen LogP contribution in [0.1, 0.15) is 91.2 Å². The lowest BCUT2D eigenvalue weighted by molar-refractivity contribution is 0.0279. The molecule has 0 unspecified atom stereocenters. The fourth-order valence-corrected chi connectivity index (χ4v) is 4.81. The summed E-state index contributed by atoms with van der Waals surface area (Å²) >= 11 is 0. The van der Waals surface area contributed by atoms with Crippen LogP contribution in [0.5, 0.6) is 11.6 Å². The van der Waals surface area contributed by atoms with Gasteiger partial charge in [-0.05, 0) is 64.5 Å². The second kappa shape index (κ2) is 10.4. The van der Waals surface area contributed by atoms with E-state index < -0.39 is 18.1 Å². The van der Waals surface area contributed by atoms with E-state index in [0.29, 0.717) is 53.1 Å². The number of halogens is 2. The largest absolute Gasteiger partial charge is 0.489 e. The first-order valence-electron chi connectivity index (χ1n) is 13.0. The molecule has 5 rings (SSSR count). The summed E-state index contributed by atoms with van der Waals surface area (Å²) in [5.74, 6) is -0.406. The molecule has 3 aromatic heterocycles. The number of hydrogen-bond acceptors (Lipinski definition) is 7. The molecule has 0 atom stereocenters. The fraction of sp³-hybridized carbons (Fsp3) is 0.538. The average molecular weight is 547 g/mol. The highest BCUT2D eigenvalue weighted by Crippen LogP contribution is 2.44. The normalized spacial score (nSPS) is 19.8. The van der Waals surface area contributed by atoms with Gasteiger partial charge in [0.1, 0.15) is 24.0 Å².